The Bertz CT molecular complexity index is 2060. The van der Waals surface area contributed by atoms with Crippen molar-refractivity contribution in [2.24, 2.45) is 0 Å². The van der Waals surface area contributed by atoms with Gasteiger partial charge in [-0.15, -0.1) is 5.10 Å². The molecule has 2 saturated heterocycles. The van der Waals surface area contributed by atoms with Crippen LogP contribution in [0.15, 0.2) is 72.9 Å². The highest BCUT2D eigenvalue weighted by atomic mass is 19.2. The molecule has 2 amide bonds. The molecule has 0 spiro atoms. The number of rotatable bonds is 5. The summed E-state index contributed by atoms with van der Waals surface area (Å²) < 4.78 is 49.0. The number of hydrogen-bond donors (Lipinski definition) is 0. The lowest BCUT2D eigenvalue weighted by Gasteiger charge is -2.37. The van der Waals surface area contributed by atoms with E-state index >= 15 is 0 Å². The summed E-state index contributed by atoms with van der Waals surface area (Å²) in [4.78, 5) is 42.5. The molecule has 50 heavy (non-hydrogen) atoms. The van der Waals surface area contributed by atoms with Crippen LogP contribution in [0.1, 0.15) is 33.2 Å². The number of carbonyl (C=O) groups excluding carboxylic acids is 2. The van der Waals surface area contributed by atoms with Crippen LogP contribution in [0.2, 0.25) is 0 Å². The van der Waals surface area contributed by atoms with Crippen molar-refractivity contribution >= 4 is 28.9 Å². The van der Waals surface area contributed by atoms with Crippen molar-refractivity contribution in [2.45, 2.75) is 44.9 Å². The van der Waals surface area contributed by atoms with Crippen molar-refractivity contribution in [3.8, 4) is 22.5 Å². The number of likely N-dealkylation sites (tertiary alicyclic amines) is 1. The van der Waals surface area contributed by atoms with Gasteiger partial charge in [-0.2, -0.15) is 0 Å². The molecule has 1 unspecified atom stereocenters. The Labute approximate surface area is 286 Å². The molecule has 2 aromatic heterocycles. The van der Waals surface area contributed by atoms with Gasteiger partial charge in [0.2, 0.25) is 11.9 Å². The van der Waals surface area contributed by atoms with Crippen LogP contribution in [-0.2, 0) is 9.53 Å². The lowest BCUT2D eigenvalue weighted by molar-refractivity contribution is -0.136. The van der Waals surface area contributed by atoms with Crippen LogP contribution < -0.4 is 4.90 Å². The highest BCUT2D eigenvalue weighted by Crippen LogP contribution is 2.33. The fraction of sp³-hybridized carbons (Fsp3) is 0.333. The van der Waals surface area contributed by atoms with E-state index in [-0.39, 0.29) is 30.1 Å². The van der Waals surface area contributed by atoms with Gasteiger partial charge in [0, 0.05) is 61.7 Å². The Hall–Kier alpha value is -5.53. The summed E-state index contributed by atoms with van der Waals surface area (Å²) in [5.74, 6) is -3.19. The lowest BCUT2D eigenvalue weighted by atomic mass is 10.1. The van der Waals surface area contributed by atoms with Gasteiger partial charge in [0.05, 0.1) is 23.4 Å². The predicted octanol–water partition coefficient (Wildman–Crippen LogP) is 5.87. The maximum atomic E-state index is 14.5. The van der Waals surface area contributed by atoms with Crippen LogP contribution in [-0.4, -0.2) is 91.1 Å². The van der Waals surface area contributed by atoms with Gasteiger partial charge in [-0.05, 0) is 32.9 Å². The fourth-order valence-corrected chi connectivity index (χ4v) is 6.42. The van der Waals surface area contributed by atoms with Crippen LogP contribution >= 0.6 is 0 Å². The first-order valence-electron chi connectivity index (χ1n) is 16.4. The van der Waals surface area contributed by atoms with Crippen molar-refractivity contribution in [3.63, 3.8) is 0 Å². The summed E-state index contributed by atoms with van der Waals surface area (Å²) in [6.07, 6.45) is 0.935. The average molecular weight is 685 g/mol. The number of carbonyl (C=O) groups is 2. The second kappa shape index (κ2) is 13.1. The Morgan fingerprint density at radius 1 is 0.860 bits per heavy atom. The minimum Gasteiger partial charge on any atom is -0.444 e. The van der Waals surface area contributed by atoms with Gasteiger partial charge in [-0.25, -0.2) is 32.6 Å². The number of ether oxygens (including phenoxy) is 1. The van der Waals surface area contributed by atoms with Crippen molar-refractivity contribution in [1.29, 1.82) is 0 Å². The van der Waals surface area contributed by atoms with Crippen LogP contribution in [0.25, 0.3) is 33.4 Å². The largest absolute Gasteiger partial charge is 0.444 e. The summed E-state index contributed by atoms with van der Waals surface area (Å²) in [7, 11) is 0. The highest BCUT2D eigenvalue weighted by molar-refractivity contribution is 5.93. The second-order valence-electron chi connectivity index (χ2n) is 13.4. The lowest BCUT2D eigenvalue weighted by Crippen LogP contribution is -2.55. The molecule has 0 bridgehead atoms. The number of halogens is 3. The fourth-order valence-electron chi connectivity index (χ4n) is 6.42. The van der Waals surface area contributed by atoms with E-state index < -0.39 is 41.2 Å². The van der Waals surface area contributed by atoms with Gasteiger partial charge in [0.15, 0.2) is 11.6 Å². The van der Waals surface area contributed by atoms with E-state index in [1.54, 1.807) is 25.7 Å². The number of benzene rings is 3. The summed E-state index contributed by atoms with van der Waals surface area (Å²) in [5.41, 5.74) is 1.56. The molecule has 14 heteroatoms. The smallest absolute Gasteiger partial charge is 0.411 e. The minimum atomic E-state index is -1.31. The van der Waals surface area contributed by atoms with E-state index in [0.717, 1.165) is 28.2 Å². The first-order valence-corrected chi connectivity index (χ1v) is 16.4. The molecule has 2 aliphatic heterocycles. The number of nitrogens with zero attached hydrogens (tertiary/aromatic N) is 8. The van der Waals surface area contributed by atoms with E-state index in [1.165, 1.54) is 15.8 Å². The van der Waals surface area contributed by atoms with Gasteiger partial charge >= 0.3 is 6.09 Å². The first-order chi connectivity index (χ1) is 23.9. The molecule has 0 radical (unpaired) electrons. The van der Waals surface area contributed by atoms with Gasteiger partial charge in [0.1, 0.15) is 23.2 Å². The van der Waals surface area contributed by atoms with E-state index in [9.17, 15) is 22.8 Å². The van der Waals surface area contributed by atoms with Gasteiger partial charge in [0.25, 0.3) is 0 Å². The first kappa shape index (κ1) is 33.0. The Morgan fingerprint density at radius 3 is 2.30 bits per heavy atom. The zero-order valence-corrected chi connectivity index (χ0v) is 27.8. The van der Waals surface area contributed by atoms with Gasteiger partial charge in [-0.3, -0.25) is 9.69 Å². The molecule has 0 N–H and O–H groups in total. The molecule has 0 aliphatic carbocycles. The Balaban J connectivity index is 1.10. The average Bonchev–Trinajstić information content (AvgIpc) is 3.77. The predicted molar refractivity (Wildman–Crippen MR) is 179 cm³/mol. The second-order valence-corrected chi connectivity index (χ2v) is 13.4. The Kier molecular flexibility index (Phi) is 8.62. The molecule has 2 fully saturated rings. The number of piperazine rings is 1. The van der Waals surface area contributed by atoms with Crippen LogP contribution in [0.5, 0.6) is 0 Å². The molecule has 2 aliphatic rings. The third-order valence-corrected chi connectivity index (χ3v) is 8.88. The third kappa shape index (κ3) is 6.57. The zero-order chi connectivity index (χ0) is 35.2. The highest BCUT2D eigenvalue weighted by Gasteiger charge is 2.44. The Morgan fingerprint density at radius 2 is 1.56 bits per heavy atom. The number of fused-ring (bicyclic) bond motifs is 1. The number of amides is 2. The minimum absolute atomic E-state index is 0.0116. The van der Waals surface area contributed by atoms with Crippen molar-refractivity contribution in [2.75, 3.05) is 37.6 Å². The van der Waals surface area contributed by atoms with Gasteiger partial charge < -0.3 is 14.5 Å². The van der Waals surface area contributed by atoms with Gasteiger partial charge in [-0.1, -0.05) is 53.7 Å². The number of anilines is 1. The maximum absolute atomic E-state index is 14.5. The van der Waals surface area contributed by atoms with E-state index in [2.05, 4.69) is 15.2 Å². The van der Waals surface area contributed by atoms with Crippen molar-refractivity contribution in [1.82, 2.24) is 34.8 Å². The summed E-state index contributed by atoms with van der Waals surface area (Å²) >= 11 is 0. The van der Waals surface area contributed by atoms with Crippen molar-refractivity contribution in [3.05, 3.63) is 90.4 Å². The van der Waals surface area contributed by atoms with Crippen LogP contribution in [0.3, 0.4) is 0 Å². The van der Waals surface area contributed by atoms with Crippen LogP contribution in [0, 0.1) is 17.5 Å². The van der Waals surface area contributed by atoms with E-state index in [1.807, 2.05) is 54.6 Å². The van der Waals surface area contributed by atoms with E-state index in [4.69, 9.17) is 14.7 Å². The number of aromatic nitrogens is 5. The number of hydrogen-bond acceptors (Lipinski definition) is 8. The van der Waals surface area contributed by atoms with E-state index in [0.29, 0.717) is 38.2 Å². The normalized spacial score (nSPS) is 18.2. The molecule has 3 aromatic carbocycles. The topological polar surface area (TPSA) is 110 Å². The summed E-state index contributed by atoms with van der Waals surface area (Å²) in [5, 5.41) is 9.01. The summed E-state index contributed by atoms with van der Waals surface area (Å²) in [6, 6.07) is 17.6. The molecule has 258 valence electrons. The standard InChI is InChI=1S/C36H35F3N8O3/c1-36(2,3)50-35(49)46-20-23(47-21-30(42-43-47)25-18-27(38)28(39)19-26(25)37)17-31(46)33(48)44-13-15-45(16-14-44)34-40-29-12-8-7-11-24(29)32(41-34)22-9-5-4-6-10-22/h4-12,18-19,21,23,31H,13-17,20H2,1-3H3/t23?,31-/m1/s1. The molecule has 4 heterocycles. The maximum Gasteiger partial charge on any atom is 0.411 e. The molecule has 2 atom stereocenters. The monoisotopic (exact) mass is 684 g/mol. The quantitative estimate of drug-likeness (QED) is 0.212. The van der Waals surface area contributed by atoms with Crippen molar-refractivity contribution < 1.29 is 27.5 Å². The number of para-hydroxylation sites is 1. The third-order valence-electron chi connectivity index (χ3n) is 8.88. The zero-order valence-electron chi connectivity index (χ0n) is 27.8. The van der Waals surface area contributed by atoms with Crippen LogP contribution in [0.4, 0.5) is 23.9 Å². The SMILES string of the molecule is CC(C)(C)OC(=O)N1CC(n2cc(-c3cc(F)c(F)cc3F)nn2)C[C@@H]1C(=O)N1CCN(c2nc(-c3ccccc3)c3ccccc3n2)CC1. The molecule has 11 nitrogen and oxygen atoms in total. The molecule has 7 rings (SSSR count). The molecule has 5 aromatic rings. The molecular formula is C36H35F3N8O3. The molecular weight excluding hydrogens is 649 g/mol. The molecule has 0 saturated carbocycles. The summed E-state index contributed by atoms with van der Waals surface area (Å²) in [6.45, 7) is 7.01.